The summed E-state index contributed by atoms with van der Waals surface area (Å²) < 4.78 is 27.9. The number of nitrogens with zero attached hydrogens (tertiary/aromatic N) is 3. The topological polar surface area (TPSA) is 60.9 Å². The van der Waals surface area contributed by atoms with Gasteiger partial charge in [0.25, 0.3) is 5.91 Å². The lowest BCUT2D eigenvalue weighted by molar-refractivity contribution is -0.184. The van der Waals surface area contributed by atoms with Gasteiger partial charge in [-0.25, -0.2) is 0 Å². The molecule has 6 nitrogen and oxygen atoms in total. The summed E-state index contributed by atoms with van der Waals surface area (Å²) >= 11 is 0. The van der Waals surface area contributed by atoms with E-state index in [9.17, 15) is 23.2 Å². The van der Waals surface area contributed by atoms with E-state index in [0.717, 1.165) is 15.9 Å². The van der Waals surface area contributed by atoms with Gasteiger partial charge in [-0.1, -0.05) is 6.58 Å². The molecule has 0 atom stereocenters. The van der Waals surface area contributed by atoms with Crippen molar-refractivity contribution in [2.75, 3.05) is 40.3 Å². The number of rotatable bonds is 3. The zero-order valence-corrected chi connectivity index (χ0v) is 11.9. The lowest BCUT2D eigenvalue weighted by atomic mass is 9.76. The molecular weight excluding hydrogens is 284 g/mol. The van der Waals surface area contributed by atoms with Gasteiger partial charge in [-0.2, -0.15) is 8.78 Å². The number of carbonyl (C=O) groups excluding carboxylic acids is 3. The van der Waals surface area contributed by atoms with Gasteiger partial charge in [-0.3, -0.25) is 14.4 Å². The minimum atomic E-state index is -3.44. The Morgan fingerprint density at radius 1 is 1.38 bits per heavy atom. The quantitative estimate of drug-likeness (QED) is 0.664. The fraction of sp³-hybridized carbons (Fsp3) is 0.615. The molecule has 0 bridgehead atoms. The molecule has 0 N–H and O–H groups in total. The maximum Gasteiger partial charge on any atom is 0.335 e. The molecule has 2 fully saturated rings. The zero-order chi connectivity index (χ0) is 16.0. The molecule has 0 unspecified atom stereocenters. The fourth-order valence-corrected chi connectivity index (χ4v) is 2.79. The molecule has 21 heavy (non-hydrogen) atoms. The van der Waals surface area contributed by atoms with Gasteiger partial charge in [0.2, 0.25) is 11.8 Å². The third-order valence-corrected chi connectivity index (χ3v) is 4.08. The van der Waals surface area contributed by atoms with Crippen LogP contribution in [0.1, 0.15) is 0 Å². The van der Waals surface area contributed by atoms with E-state index >= 15 is 0 Å². The van der Waals surface area contributed by atoms with Crippen LogP contribution in [-0.2, 0) is 14.4 Å². The molecule has 2 aliphatic heterocycles. The van der Waals surface area contributed by atoms with Crippen molar-refractivity contribution < 1.29 is 23.2 Å². The van der Waals surface area contributed by atoms with Crippen molar-refractivity contribution in [2.45, 2.75) is 5.92 Å². The molecule has 116 valence electrons. The first-order valence-corrected chi connectivity index (χ1v) is 6.43. The molecule has 2 rings (SSSR count). The number of likely N-dealkylation sites (N-methyl/N-ethyl adjacent to an activating group) is 1. The van der Waals surface area contributed by atoms with Crippen LogP contribution in [0.4, 0.5) is 8.78 Å². The summed E-state index contributed by atoms with van der Waals surface area (Å²) in [6, 6.07) is 0. The monoisotopic (exact) mass is 301 g/mol. The highest BCUT2D eigenvalue weighted by molar-refractivity contribution is 5.91. The van der Waals surface area contributed by atoms with E-state index in [1.165, 1.54) is 19.0 Å². The predicted molar refractivity (Wildman–Crippen MR) is 69.4 cm³/mol. The Labute approximate surface area is 121 Å². The van der Waals surface area contributed by atoms with Gasteiger partial charge in [0, 0.05) is 33.7 Å². The van der Waals surface area contributed by atoms with Gasteiger partial charge in [-0.15, -0.1) is 0 Å². The van der Waals surface area contributed by atoms with Crippen molar-refractivity contribution in [1.29, 1.82) is 0 Å². The van der Waals surface area contributed by atoms with Gasteiger partial charge in [0.15, 0.2) is 0 Å². The maximum absolute atomic E-state index is 14.0. The van der Waals surface area contributed by atoms with Crippen molar-refractivity contribution in [2.24, 2.45) is 5.41 Å². The third-order valence-electron chi connectivity index (χ3n) is 4.08. The van der Waals surface area contributed by atoms with Gasteiger partial charge < -0.3 is 14.7 Å². The standard InChI is InChI=1S/C13H17F2N3O3/c1-4-9(19)16(2)5-10(20)18-7-12(8-18)6-17(3)11(21)13(12,14)15/h4H,1,5-8H2,2-3H3. The maximum atomic E-state index is 14.0. The van der Waals surface area contributed by atoms with Crippen molar-refractivity contribution >= 4 is 17.7 Å². The summed E-state index contributed by atoms with van der Waals surface area (Å²) in [7, 11) is 2.75. The van der Waals surface area contributed by atoms with Crippen molar-refractivity contribution in [3.63, 3.8) is 0 Å². The highest BCUT2D eigenvalue weighted by Crippen LogP contribution is 2.50. The van der Waals surface area contributed by atoms with Crippen LogP contribution in [0.25, 0.3) is 0 Å². The van der Waals surface area contributed by atoms with Crippen molar-refractivity contribution in [1.82, 2.24) is 14.7 Å². The predicted octanol–water partition coefficient (Wildman–Crippen LogP) is -0.433. The largest absolute Gasteiger partial charge is 0.340 e. The smallest absolute Gasteiger partial charge is 0.335 e. The second kappa shape index (κ2) is 4.78. The highest BCUT2D eigenvalue weighted by Gasteiger charge is 2.70. The fourth-order valence-electron chi connectivity index (χ4n) is 2.79. The van der Waals surface area contributed by atoms with Crippen LogP contribution in [0.15, 0.2) is 12.7 Å². The average molecular weight is 301 g/mol. The highest BCUT2D eigenvalue weighted by atomic mass is 19.3. The Kier molecular flexibility index (Phi) is 3.51. The van der Waals surface area contributed by atoms with Gasteiger partial charge in [0.1, 0.15) is 0 Å². The average Bonchev–Trinajstić information content (AvgIpc) is 2.56. The summed E-state index contributed by atoms with van der Waals surface area (Å²) in [5.74, 6) is -5.48. The molecule has 0 aromatic carbocycles. The number of hydrogen-bond acceptors (Lipinski definition) is 3. The molecular formula is C13H17F2N3O3. The minimum Gasteiger partial charge on any atom is -0.340 e. The molecule has 2 saturated heterocycles. The molecule has 0 aromatic heterocycles. The van der Waals surface area contributed by atoms with Gasteiger partial charge in [-0.05, 0) is 6.08 Å². The van der Waals surface area contributed by atoms with Crippen LogP contribution in [0.3, 0.4) is 0 Å². The van der Waals surface area contributed by atoms with E-state index in [2.05, 4.69) is 6.58 Å². The summed E-state index contributed by atoms with van der Waals surface area (Å²) in [6.45, 7) is 2.69. The Balaban J connectivity index is 1.98. The van der Waals surface area contributed by atoms with E-state index in [4.69, 9.17) is 0 Å². The van der Waals surface area contributed by atoms with E-state index in [-0.39, 0.29) is 26.2 Å². The molecule has 0 aliphatic carbocycles. The zero-order valence-electron chi connectivity index (χ0n) is 11.9. The molecule has 0 saturated carbocycles. The number of likely N-dealkylation sites (tertiary alicyclic amines) is 2. The number of carbonyl (C=O) groups is 3. The van der Waals surface area contributed by atoms with E-state index in [0.29, 0.717) is 0 Å². The second-order valence-corrected chi connectivity index (χ2v) is 5.66. The number of hydrogen-bond donors (Lipinski definition) is 0. The molecule has 8 heteroatoms. The van der Waals surface area contributed by atoms with Gasteiger partial charge >= 0.3 is 5.92 Å². The van der Waals surface area contributed by atoms with E-state index in [1.807, 2.05) is 0 Å². The van der Waals surface area contributed by atoms with Crippen LogP contribution in [0, 0.1) is 5.41 Å². The lowest BCUT2D eigenvalue weighted by Gasteiger charge is -2.49. The van der Waals surface area contributed by atoms with Crippen molar-refractivity contribution in [3.8, 4) is 0 Å². The first-order valence-electron chi connectivity index (χ1n) is 6.43. The molecule has 3 amide bonds. The number of amides is 3. The van der Waals surface area contributed by atoms with Crippen LogP contribution in [0.2, 0.25) is 0 Å². The van der Waals surface area contributed by atoms with Crippen LogP contribution in [0.5, 0.6) is 0 Å². The normalized spacial score (nSPS) is 22.2. The second-order valence-electron chi connectivity index (χ2n) is 5.66. The van der Waals surface area contributed by atoms with E-state index in [1.54, 1.807) is 0 Å². The first-order chi connectivity index (χ1) is 9.64. The van der Waals surface area contributed by atoms with Crippen LogP contribution < -0.4 is 0 Å². The van der Waals surface area contributed by atoms with Gasteiger partial charge in [0.05, 0.1) is 12.0 Å². The SMILES string of the molecule is C=CC(=O)N(C)CC(=O)N1CC2(CN(C)C(=O)C2(F)F)C1. The summed E-state index contributed by atoms with van der Waals surface area (Å²) in [4.78, 5) is 38.0. The Hall–Kier alpha value is -1.99. The Morgan fingerprint density at radius 3 is 2.38 bits per heavy atom. The van der Waals surface area contributed by atoms with E-state index < -0.39 is 29.1 Å². The number of alkyl halides is 2. The molecule has 0 radical (unpaired) electrons. The lowest BCUT2D eigenvalue weighted by Crippen LogP contribution is -2.67. The molecule has 0 aromatic rings. The summed E-state index contributed by atoms with van der Waals surface area (Å²) in [5, 5.41) is 0. The summed E-state index contributed by atoms with van der Waals surface area (Å²) in [6.07, 6.45) is 1.07. The third kappa shape index (κ3) is 2.18. The first kappa shape index (κ1) is 15.4. The molecule has 2 aliphatic rings. The minimum absolute atomic E-state index is 0.0654. The van der Waals surface area contributed by atoms with Crippen LogP contribution in [-0.4, -0.2) is 78.6 Å². The number of halogens is 2. The molecule has 1 spiro atoms. The molecule has 2 heterocycles. The summed E-state index contributed by atoms with van der Waals surface area (Å²) in [5.41, 5.74) is -1.49. The Morgan fingerprint density at radius 2 is 1.95 bits per heavy atom. The van der Waals surface area contributed by atoms with Crippen LogP contribution >= 0.6 is 0 Å². The van der Waals surface area contributed by atoms with Crippen molar-refractivity contribution in [3.05, 3.63) is 12.7 Å². The Bertz CT molecular complexity index is 515.